The van der Waals surface area contributed by atoms with Crippen LogP contribution in [0.4, 0.5) is 5.69 Å². The number of amides is 3. The van der Waals surface area contributed by atoms with Crippen LogP contribution < -0.4 is 10.1 Å². The topological polar surface area (TPSA) is 80.1 Å². The van der Waals surface area contributed by atoms with Crippen LogP contribution >= 0.6 is 0 Å². The van der Waals surface area contributed by atoms with Gasteiger partial charge in [-0.3, -0.25) is 19.7 Å². The van der Waals surface area contributed by atoms with E-state index in [1.807, 2.05) is 0 Å². The number of fused-ring (bicyclic) bond motifs is 1. The average molecular weight is 299 g/mol. The maximum atomic E-state index is 12.6. The van der Waals surface area contributed by atoms with Gasteiger partial charge in [0, 0.05) is 13.0 Å². The second kappa shape index (κ2) is 5.15. The molecule has 0 radical (unpaired) electrons. The molecule has 3 amide bonds. The zero-order valence-corrected chi connectivity index (χ0v) is 11.9. The van der Waals surface area contributed by atoms with Crippen molar-refractivity contribution in [2.75, 3.05) is 7.11 Å². The van der Waals surface area contributed by atoms with E-state index in [0.717, 1.165) is 5.56 Å². The molecule has 2 aliphatic heterocycles. The zero-order valence-electron chi connectivity index (χ0n) is 11.9. The van der Waals surface area contributed by atoms with Crippen molar-refractivity contribution in [3.63, 3.8) is 0 Å². The van der Waals surface area contributed by atoms with Gasteiger partial charge in [-0.05, 0) is 12.0 Å². The molecule has 1 aromatic rings. The van der Waals surface area contributed by atoms with Gasteiger partial charge in [-0.1, -0.05) is 12.1 Å². The van der Waals surface area contributed by atoms with Gasteiger partial charge in [-0.25, -0.2) is 4.85 Å². The van der Waals surface area contributed by atoms with Crippen LogP contribution in [0.25, 0.3) is 4.85 Å². The summed E-state index contributed by atoms with van der Waals surface area (Å²) >= 11 is 0. The van der Waals surface area contributed by atoms with E-state index in [1.54, 1.807) is 12.1 Å². The lowest BCUT2D eigenvalue weighted by atomic mass is 10.0. The summed E-state index contributed by atoms with van der Waals surface area (Å²) in [5, 5.41) is 2.25. The standard InChI is InChI=1S/C15H13N3O4/c1-16-9-4-3-8-7-18(15(21)12(8)13(9)22-2)10-5-6-11(19)17-14(10)20/h3-4,10H,5-7H2,2H3,(H,17,19,20). The molecule has 1 atom stereocenters. The Bertz CT molecular complexity index is 735. The SMILES string of the molecule is [C-]#[N+]c1ccc2c(c1OC)C(=O)N(C1CCC(=O)NC1=O)C2. The summed E-state index contributed by atoms with van der Waals surface area (Å²) in [5.74, 6) is -0.876. The van der Waals surface area contributed by atoms with Gasteiger partial charge in [0.2, 0.25) is 17.5 Å². The highest BCUT2D eigenvalue weighted by Gasteiger charge is 2.40. The lowest BCUT2D eigenvalue weighted by Gasteiger charge is -2.29. The first-order valence-corrected chi connectivity index (χ1v) is 6.78. The molecule has 0 aliphatic carbocycles. The van der Waals surface area contributed by atoms with E-state index < -0.39 is 11.9 Å². The average Bonchev–Trinajstić information content (AvgIpc) is 2.83. The van der Waals surface area contributed by atoms with Gasteiger partial charge in [0.15, 0.2) is 0 Å². The van der Waals surface area contributed by atoms with Crippen molar-refractivity contribution < 1.29 is 19.1 Å². The predicted molar refractivity (Wildman–Crippen MR) is 75.3 cm³/mol. The Morgan fingerprint density at radius 1 is 1.36 bits per heavy atom. The van der Waals surface area contributed by atoms with Crippen molar-refractivity contribution in [1.29, 1.82) is 0 Å². The molecule has 0 aromatic heterocycles. The Morgan fingerprint density at radius 2 is 2.14 bits per heavy atom. The number of imide groups is 1. The third-order valence-electron chi connectivity index (χ3n) is 3.95. The van der Waals surface area contributed by atoms with Gasteiger partial charge in [0.05, 0.1) is 19.2 Å². The molecule has 3 rings (SSSR count). The highest BCUT2D eigenvalue weighted by molar-refractivity contribution is 6.07. The third kappa shape index (κ3) is 2.00. The van der Waals surface area contributed by atoms with Crippen LogP contribution in [0.3, 0.4) is 0 Å². The fourth-order valence-electron chi connectivity index (χ4n) is 2.90. The quantitative estimate of drug-likeness (QED) is 0.653. The van der Waals surface area contributed by atoms with Gasteiger partial charge in [-0.15, -0.1) is 0 Å². The summed E-state index contributed by atoms with van der Waals surface area (Å²) in [4.78, 5) is 40.6. The summed E-state index contributed by atoms with van der Waals surface area (Å²) in [6, 6.07) is 2.64. The molecule has 1 unspecified atom stereocenters. The molecule has 7 nitrogen and oxygen atoms in total. The van der Waals surface area contributed by atoms with E-state index in [9.17, 15) is 14.4 Å². The third-order valence-corrected chi connectivity index (χ3v) is 3.95. The number of ether oxygens (including phenoxy) is 1. The van der Waals surface area contributed by atoms with Crippen LogP contribution in [0, 0.1) is 6.57 Å². The Kier molecular flexibility index (Phi) is 3.29. The van der Waals surface area contributed by atoms with Crippen LogP contribution in [0.5, 0.6) is 5.75 Å². The molecule has 1 fully saturated rings. The molecule has 22 heavy (non-hydrogen) atoms. The fraction of sp³-hybridized carbons (Fsp3) is 0.333. The van der Waals surface area contributed by atoms with Crippen molar-refractivity contribution in [3.05, 3.63) is 34.7 Å². The number of piperidine rings is 1. The number of carbonyl (C=O) groups excluding carboxylic acids is 3. The predicted octanol–water partition coefficient (Wildman–Crippen LogP) is 1.01. The highest BCUT2D eigenvalue weighted by Crippen LogP contribution is 2.39. The molecule has 0 saturated carbocycles. The molecule has 0 spiro atoms. The Hall–Kier alpha value is -2.88. The number of benzene rings is 1. The first kappa shape index (κ1) is 14.1. The summed E-state index contributed by atoms with van der Waals surface area (Å²) in [7, 11) is 1.41. The van der Waals surface area contributed by atoms with E-state index in [0.29, 0.717) is 12.0 Å². The maximum absolute atomic E-state index is 12.6. The lowest BCUT2D eigenvalue weighted by molar-refractivity contribution is -0.136. The number of rotatable bonds is 2. The van der Waals surface area contributed by atoms with Crippen LogP contribution in [-0.4, -0.2) is 35.8 Å². The lowest BCUT2D eigenvalue weighted by Crippen LogP contribution is -2.52. The Morgan fingerprint density at radius 3 is 2.77 bits per heavy atom. The molecule has 0 bridgehead atoms. The minimum atomic E-state index is -0.668. The van der Waals surface area contributed by atoms with Crippen molar-refractivity contribution in [2.45, 2.75) is 25.4 Å². The number of carbonyl (C=O) groups is 3. The molecule has 2 heterocycles. The van der Waals surface area contributed by atoms with Crippen LogP contribution in [0.1, 0.15) is 28.8 Å². The smallest absolute Gasteiger partial charge is 0.257 e. The molecular formula is C15H13N3O4. The number of hydrogen-bond donors (Lipinski definition) is 1. The summed E-state index contributed by atoms with van der Waals surface area (Å²) < 4.78 is 5.21. The zero-order chi connectivity index (χ0) is 15.9. The molecular weight excluding hydrogens is 286 g/mol. The first-order valence-electron chi connectivity index (χ1n) is 6.78. The Labute approximate surface area is 126 Å². The minimum Gasteiger partial charge on any atom is -0.507 e. The van der Waals surface area contributed by atoms with E-state index in [2.05, 4.69) is 10.2 Å². The van der Waals surface area contributed by atoms with Crippen LogP contribution in [0.15, 0.2) is 12.1 Å². The van der Waals surface area contributed by atoms with Gasteiger partial charge in [-0.2, -0.15) is 0 Å². The largest absolute Gasteiger partial charge is 0.507 e. The van der Waals surface area contributed by atoms with Crippen molar-refractivity contribution >= 4 is 23.4 Å². The summed E-state index contributed by atoms with van der Waals surface area (Å²) in [6.07, 6.45) is 0.517. The number of nitrogens with zero attached hydrogens (tertiary/aromatic N) is 2. The van der Waals surface area contributed by atoms with Gasteiger partial charge >= 0.3 is 0 Å². The summed E-state index contributed by atoms with van der Waals surface area (Å²) in [6.45, 7) is 7.41. The number of methoxy groups -OCH3 is 1. The van der Waals surface area contributed by atoms with Crippen molar-refractivity contribution in [1.82, 2.24) is 10.2 Å². The first-order chi connectivity index (χ1) is 10.6. The number of hydrogen-bond acceptors (Lipinski definition) is 4. The highest BCUT2D eigenvalue weighted by atomic mass is 16.5. The Balaban J connectivity index is 1.97. The monoisotopic (exact) mass is 299 g/mol. The van der Waals surface area contributed by atoms with E-state index in [1.165, 1.54) is 12.0 Å². The summed E-state index contributed by atoms with van der Waals surface area (Å²) in [5.41, 5.74) is 1.32. The van der Waals surface area contributed by atoms with Gasteiger partial charge in [0.25, 0.3) is 5.91 Å². The maximum Gasteiger partial charge on any atom is 0.257 e. The van der Waals surface area contributed by atoms with E-state index >= 15 is 0 Å². The van der Waals surface area contributed by atoms with Crippen LogP contribution in [-0.2, 0) is 16.1 Å². The van der Waals surface area contributed by atoms with Gasteiger partial charge in [0.1, 0.15) is 11.8 Å². The van der Waals surface area contributed by atoms with E-state index in [-0.39, 0.29) is 36.2 Å². The van der Waals surface area contributed by atoms with E-state index in [4.69, 9.17) is 11.3 Å². The second-order valence-corrected chi connectivity index (χ2v) is 5.16. The fourth-order valence-corrected chi connectivity index (χ4v) is 2.90. The van der Waals surface area contributed by atoms with Gasteiger partial charge < -0.3 is 9.64 Å². The normalized spacial score (nSPS) is 20.5. The van der Waals surface area contributed by atoms with Crippen LogP contribution in [0.2, 0.25) is 0 Å². The molecule has 2 aliphatic rings. The van der Waals surface area contributed by atoms with Crippen molar-refractivity contribution in [2.24, 2.45) is 0 Å². The number of nitrogens with one attached hydrogen (secondary N) is 1. The molecule has 1 saturated heterocycles. The molecule has 7 heteroatoms. The van der Waals surface area contributed by atoms with Crippen molar-refractivity contribution in [3.8, 4) is 5.75 Å². The molecule has 112 valence electrons. The molecule has 1 N–H and O–H groups in total. The molecule has 1 aromatic carbocycles. The second-order valence-electron chi connectivity index (χ2n) is 5.16. The minimum absolute atomic E-state index is 0.209.